The van der Waals surface area contributed by atoms with Crippen molar-refractivity contribution in [3.8, 4) is 5.88 Å². The summed E-state index contributed by atoms with van der Waals surface area (Å²) in [5, 5.41) is 6.55. The van der Waals surface area contributed by atoms with Crippen molar-refractivity contribution in [2.75, 3.05) is 13.7 Å². The van der Waals surface area contributed by atoms with Crippen molar-refractivity contribution in [3.63, 3.8) is 0 Å². The summed E-state index contributed by atoms with van der Waals surface area (Å²) in [6, 6.07) is 14.0. The maximum absolute atomic E-state index is 5.14. The number of aryl methyl sites for hydroxylation is 1. The van der Waals surface area contributed by atoms with E-state index in [-0.39, 0.29) is 24.0 Å². The molecule has 0 saturated carbocycles. The first-order valence-electron chi connectivity index (χ1n) is 7.79. The van der Waals surface area contributed by atoms with Crippen LogP contribution in [0.3, 0.4) is 0 Å². The van der Waals surface area contributed by atoms with Crippen LogP contribution in [0.4, 0.5) is 0 Å². The number of ether oxygens (including phenoxy) is 1. The standard InChI is InChI=1S/C18H24N4O.HI/c1-4-19-18(20-12-15-9-6-5-8-14(15)2)21-13-16-10-7-11-17(22-16)23-3;/h5-11H,4,12-13H2,1-3H3,(H2,19,20,21);1H. The lowest BCUT2D eigenvalue weighted by atomic mass is 10.1. The van der Waals surface area contributed by atoms with Crippen LogP contribution in [0.2, 0.25) is 0 Å². The molecule has 1 aromatic carbocycles. The molecule has 2 rings (SSSR count). The lowest BCUT2D eigenvalue weighted by Crippen LogP contribution is -2.37. The Hall–Kier alpha value is -1.83. The van der Waals surface area contributed by atoms with Crippen molar-refractivity contribution in [2.24, 2.45) is 4.99 Å². The van der Waals surface area contributed by atoms with Crippen molar-refractivity contribution in [1.82, 2.24) is 15.6 Å². The molecule has 0 atom stereocenters. The van der Waals surface area contributed by atoms with E-state index in [0.717, 1.165) is 18.2 Å². The number of methoxy groups -OCH3 is 1. The number of hydrogen-bond donors (Lipinski definition) is 2. The number of aliphatic imine (C=N–C) groups is 1. The number of benzene rings is 1. The van der Waals surface area contributed by atoms with E-state index in [1.54, 1.807) is 7.11 Å². The number of halogens is 1. The molecule has 0 aliphatic heterocycles. The maximum atomic E-state index is 5.14. The van der Waals surface area contributed by atoms with Crippen LogP contribution in [-0.4, -0.2) is 24.6 Å². The van der Waals surface area contributed by atoms with Crippen molar-refractivity contribution in [1.29, 1.82) is 0 Å². The number of hydrogen-bond acceptors (Lipinski definition) is 3. The zero-order chi connectivity index (χ0) is 16.5. The molecule has 0 unspecified atom stereocenters. The molecule has 0 bridgehead atoms. The molecule has 130 valence electrons. The minimum absolute atomic E-state index is 0. The van der Waals surface area contributed by atoms with Crippen LogP contribution in [0.1, 0.15) is 23.7 Å². The average Bonchev–Trinajstić information content (AvgIpc) is 2.59. The van der Waals surface area contributed by atoms with E-state index in [1.807, 2.05) is 30.3 Å². The van der Waals surface area contributed by atoms with E-state index in [2.05, 4.69) is 46.6 Å². The van der Waals surface area contributed by atoms with Gasteiger partial charge >= 0.3 is 0 Å². The van der Waals surface area contributed by atoms with Gasteiger partial charge in [-0.15, -0.1) is 24.0 Å². The molecule has 0 aliphatic carbocycles. The zero-order valence-corrected chi connectivity index (χ0v) is 16.7. The summed E-state index contributed by atoms with van der Waals surface area (Å²) in [6.45, 7) is 6.20. The van der Waals surface area contributed by atoms with Crippen molar-refractivity contribution >= 4 is 29.9 Å². The molecule has 1 aromatic heterocycles. The topological polar surface area (TPSA) is 58.5 Å². The van der Waals surface area contributed by atoms with Gasteiger partial charge in [0.2, 0.25) is 5.88 Å². The fourth-order valence-corrected chi connectivity index (χ4v) is 2.14. The van der Waals surface area contributed by atoms with E-state index in [9.17, 15) is 0 Å². The van der Waals surface area contributed by atoms with E-state index < -0.39 is 0 Å². The molecule has 2 N–H and O–H groups in total. The zero-order valence-electron chi connectivity index (χ0n) is 14.4. The fraction of sp³-hybridized carbons (Fsp3) is 0.333. The third-order valence-electron chi connectivity index (χ3n) is 3.44. The van der Waals surface area contributed by atoms with Gasteiger partial charge in [0.15, 0.2) is 5.96 Å². The van der Waals surface area contributed by atoms with Gasteiger partial charge in [0.05, 0.1) is 25.9 Å². The van der Waals surface area contributed by atoms with Crippen molar-refractivity contribution in [2.45, 2.75) is 26.9 Å². The van der Waals surface area contributed by atoms with Crippen LogP contribution < -0.4 is 15.4 Å². The highest BCUT2D eigenvalue weighted by Crippen LogP contribution is 2.08. The molecule has 0 spiro atoms. The Morgan fingerprint density at radius 2 is 1.92 bits per heavy atom. The predicted octanol–water partition coefficient (Wildman–Crippen LogP) is 3.27. The normalized spacial score (nSPS) is 10.7. The van der Waals surface area contributed by atoms with Gasteiger partial charge in [-0.1, -0.05) is 30.3 Å². The van der Waals surface area contributed by atoms with Crippen LogP contribution in [0.5, 0.6) is 5.88 Å². The molecular formula is C18H25IN4O. The molecule has 0 fully saturated rings. The highest BCUT2D eigenvalue weighted by molar-refractivity contribution is 14.0. The predicted molar refractivity (Wildman–Crippen MR) is 109 cm³/mol. The summed E-state index contributed by atoms with van der Waals surface area (Å²) >= 11 is 0. The number of nitrogens with one attached hydrogen (secondary N) is 2. The monoisotopic (exact) mass is 440 g/mol. The Bertz CT molecular complexity index is 661. The summed E-state index contributed by atoms with van der Waals surface area (Å²) in [7, 11) is 1.62. The first-order valence-corrected chi connectivity index (χ1v) is 7.79. The van der Waals surface area contributed by atoms with Gasteiger partial charge in [-0.25, -0.2) is 9.98 Å². The molecule has 0 radical (unpaired) electrons. The quantitative estimate of drug-likeness (QED) is 0.411. The third kappa shape index (κ3) is 6.35. The fourth-order valence-electron chi connectivity index (χ4n) is 2.14. The maximum Gasteiger partial charge on any atom is 0.213 e. The smallest absolute Gasteiger partial charge is 0.213 e. The highest BCUT2D eigenvalue weighted by atomic mass is 127. The first kappa shape index (κ1) is 20.2. The number of nitrogens with zero attached hydrogens (tertiary/aromatic N) is 2. The Morgan fingerprint density at radius 3 is 2.62 bits per heavy atom. The largest absolute Gasteiger partial charge is 0.481 e. The van der Waals surface area contributed by atoms with E-state index in [0.29, 0.717) is 19.0 Å². The van der Waals surface area contributed by atoms with Crippen LogP contribution in [-0.2, 0) is 13.1 Å². The molecule has 0 saturated heterocycles. The average molecular weight is 440 g/mol. The molecular weight excluding hydrogens is 415 g/mol. The number of pyridine rings is 1. The minimum atomic E-state index is 0. The van der Waals surface area contributed by atoms with Crippen molar-refractivity contribution in [3.05, 3.63) is 59.3 Å². The number of guanidine groups is 1. The Morgan fingerprint density at radius 1 is 1.12 bits per heavy atom. The van der Waals surface area contributed by atoms with E-state index in [1.165, 1.54) is 11.1 Å². The summed E-state index contributed by atoms with van der Waals surface area (Å²) < 4.78 is 5.14. The second kappa shape index (κ2) is 10.9. The molecule has 0 amide bonds. The molecule has 1 heterocycles. The molecule has 0 aliphatic rings. The van der Waals surface area contributed by atoms with Gasteiger partial charge in [0.25, 0.3) is 0 Å². The summed E-state index contributed by atoms with van der Waals surface area (Å²) in [4.78, 5) is 9.03. The highest BCUT2D eigenvalue weighted by Gasteiger charge is 2.02. The third-order valence-corrected chi connectivity index (χ3v) is 3.44. The Kier molecular flexibility index (Phi) is 9.14. The van der Waals surface area contributed by atoms with E-state index >= 15 is 0 Å². The molecule has 24 heavy (non-hydrogen) atoms. The first-order chi connectivity index (χ1) is 11.2. The lowest BCUT2D eigenvalue weighted by Gasteiger charge is -2.12. The van der Waals surface area contributed by atoms with Gasteiger partial charge in [0.1, 0.15) is 0 Å². The molecule has 2 aromatic rings. The van der Waals surface area contributed by atoms with Gasteiger partial charge in [-0.3, -0.25) is 0 Å². The summed E-state index contributed by atoms with van der Waals surface area (Å²) in [6.07, 6.45) is 0. The molecule has 5 nitrogen and oxygen atoms in total. The number of aromatic nitrogens is 1. The van der Waals surface area contributed by atoms with E-state index in [4.69, 9.17) is 4.74 Å². The van der Waals surface area contributed by atoms with Gasteiger partial charge < -0.3 is 15.4 Å². The lowest BCUT2D eigenvalue weighted by molar-refractivity contribution is 0.396. The molecule has 6 heteroatoms. The van der Waals surface area contributed by atoms with Gasteiger partial charge in [-0.05, 0) is 31.0 Å². The minimum Gasteiger partial charge on any atom is -0.481 e. The Balaban J connectivity index is 0.00000288. The second-order valence-corrected chi connectivity index (χ2v) is 5.15. The van der Waals surface area contributed by atoms with Gasteiger partial charge in [-0.2, -0.15) is 0 Å². The second-order valence-electron chi connectivity index (χ2n) is 5.15. The SMILES string of the molecule is CCNC(=NCc1ccccc1C)NCc1cccc(OC)n1.I. The summed E-state index contributed by atoms with van der Waals surface area (Å²) in [5.41, 5.74) is 3.39. The van der Waals surface area contributed by atoms with Crippen LogP contribution in [0.15, 0.2) is 47.5 Å². The van der Waals surface area contributed by atoms with Crippen LogP contribution in [0.25, 0.3) is 0 Å². The van der Waals surface area contributed by atoms with Crippen molar-refractivity contribution < 1.29 is 4.74 Å². The Labute approximate surface area is 161 Å². The van der Waals surface area contributed by atoms with Crippen LogP contribution >= 0.6 is 24.0 Å². The summed E-state index contributed by atoms with van der Waals surface area (Å²) in [5.74, 6) is 1.39. The van der Waals surface area contributed by atoms with Gasteiger partial charge in [0, 0.05) is 12.6 Å². The van der Waals surface area contributed by atoms with Crippen LogP contribution in [0, 0.1) is 6.92 Å². The number of rotatable bonds is 6.